The van der Waals surface area contributed by atoms with Gasteiger partial charge in [0.15, 0.2) is 0 Å². The third-order valence-corrected chi connectivity index (χ3v) is 2.61. The number of thiophene rings is 1. The molecule has 0 aliphatic carbocycles. The molecule has 1 aromatic heterocycles. The molecule has 2 N–H and O–H groups in total. The molecule has 0 spiro atoms. The number of carbonyl (C=O) groups excluding carboxylic acids is 1. The summed E-state index contributed by atoms with van der Waals surface area (Å²) in [6.45, 7) is 3.69. The van der Waals surface area contributed by atoms with Crippen LogP contribution < -0.4 is 5.32 Å². The van der Waals surface area contributed by atoms with Gasteiger partial charge in [-0.3, -0.25) is 4.79 Å². The van der Waals surface area contributed by atoms with Crippen molar-refractivity contribution >= 4 is 17.2 Å². The third kappa shape index (κ3) is 2.82. The molecule has 72 valence electrons. The van der Waals surface area contributed by atoms with Crippen molar-refractivity contribution in [2.75, 3.05) is 6.61 Å². The van der Waals surface area contributed by atoms with Gasteiger partial charge >= 0.3 is 0 Å². The smallest absolute Gasteiger partial charge is 0.261 e. The molecule has 0 radical (unpaired) electrons. The Morgan fingerprint density at radius 1 is 1.69 bits per heavy atom. The molecule has 1 atom stereocenters. The van der Waals surface area contributed by atoms with Gasteiger partial charge in [-0.2, -0.15) is 0 Å². The largest absolute Gasteiger partial charge is 0.394 e. The molecule has 1 aromatic rings. The molecule has 1 rings (SSSR count). The Kier molecular flexibility index (Phi) is 3.45. The minimum absolute atomic E-state index is 0.0316. The lowest BCUT2D eigenvalue weighted by Gasteiger charge is -2.08. The molecule has 0 saturated carbocycles. The average molecular weight is 199 g/mol. The predicted molar refractivity (Wildman–Crippen MR) is 53.1 cm³/mol. The van der Waals surface area contributed by atoms with Crippen LogP contribution in [0.15, 0.2) is 12.1 Å². The second-order valence-electron chi connectivity index (χ2n) is 2.97. The van der Waals surface area contributed by atoms with Crippen molar-refractivity contribution in [1.29, 1.82) is 0 Å². The van der Waals surface area contributed by atoms with Crippen LogP contribution in [0.2, 0.25) is 0 Å². The molecule has 0 aliphatic heterocycles. The molecule has 1 amide bonds. The fraction of sp³-hybridized carbons (Fsp3) is 0.444. The maximum atomic E-state index is 11.4. The first kappa shape index (κ1) is 10.2. The van der Waals surface area contributed by atoms with Crippen LogP contribution in [0.3, 0.4) is 0 Å². The fourth-order valence-corrected chi connectivity index (χ4v) is 1.67. The van der Waals surface area contributed by atoms with Gasteiger partial charge in [-0.1, -0.05) is 0 Å². The number of aryl methyl sites for hydroxylation is 1. The highest BCUT2D eigenvalue weighted by molar-refractivity contribution is 7.13. The Labute approximate surface area is 81.4 Å². The molecule has 1 heterocycles. The van der Waals surface area contributed by atoms with Crippen LogP contribution in [0.5, 0.6) is 0 Å². The Balaban J connectivity index is 2.58. The van der Waals surface area contributed by atoms with E-state index in [1.807, 2.05) is 13.0 Å². The van der Waals surface area contributed by atoms with Crippen LogP contribution in [0, 0.1) is 6.92 Å². The Morgan fingerprint density at radius 2 is 2.38 bits per heavy atom. The lowest BCUT2D eigenvalue weighted by atomic mass is 10.3. The van der Waals surface area contributed by atoms with Gasteiger partial charge in [0.1, 0.15) is 0 Å². The van der Waals surface area contributed by atoms with E-state index in [0.717, 1.165) is 4.88 Å². The zero-order valence-corrected chi connectivity index (χ0v) is 8.52. The molecule has 1 unspecified atom stereocenters. The molecular weight excluding hydrogens is 186 g/mol. The average Bonchev–Trinajstić information content (AvgIpc) is 2.51. The lowest BCUT2D eigenvalue weighted by molar-refractivity contribution is 0.0926. The van der Waals surface area contributed by atoms with Crippen LogP contribution in [0.1, 0.15) is 21.5 Å². The van der Waals surface area contributed by atoms with Gasteiger partial charge in [-0.15, -0.1) is 11.3 Å². The number of aliphatic hydroxyl groups is 1. The van der Waals surface area contributed by atoms with Crippen molar-refractivity contribution in [3.05, 3.63) is 21.9 Å². The number of amides is 1. The first-order chi connectivity index (χ1) is 6.13. The number of hydrogen-bond donors (Lipinski definition) is 2. The molecule has 0 saturated heterocycles. The van der Waals surface area contributed by atoms with Crippen LogP contribution >= 0.6 is 11.3 Å². The summed E-state index contributed by atoms with van der Waals surface area (Å²) in [6.07, 6.45) is 0. The van der Waals surface area contributed by atoms with E-state index in [2.05, 4.69) is 5.32 Å². The minimum atomic E-state index is -0.185. The van der Waals surface area contributed by atoms with E-state index in [-0.39, 0.29) is 18.6 Å². The maximum Gasteiger partial charge on any atom is 0.261 e. The van der Waals surface area contributed by atoms with Crippen LogP contribution in [-0.2, 0) is 0 Å². The highest BCUT2D eigenvalue weighted by Crippen LogP contribution is 2.14. The molecule has 0 aliphatic rings. The van der Waals surface area contributed by atoms with Gasteiger partial charge < -0.3 is 10.4 Å². The van der Waals surface area contributed by atoms with Gasteiger partial charge in [0.2, 0.25) is 0 Å². The standard InChI is InChI=1S/C9H13NO2S/c1-6(5-11)10-9(12)8-4-3-7(2)13-8/h3-4,6,11H,5H2,1-2H3,(H,10,12). The van der Waals surface area contributed by atoms with Crippen LogP contribution in [0.4, 0.5) is 0 Å². The van der Waals surface area contributed by atoms with Crippen molar-refractivity contribution in [2.24, 2.45) is 0 Å². The summed E-state index contributed by atoms with van der Waals surface area (Å²) in [7, 11) is 0. The van der Waals surface area contributed by atoms with Crippen molar-refractivity contribution in [2.45, 2.75) is 19.9 Å². The Morgan fingerprint density at radius 3 is 2.85 bits per heavy atom. The number of hydrogen-bond acceptors (Lipinski definition) is 3. The molecule has 4 heteroatoms. The van der Waals surface area contributed by atoms with E-state index >= 15 is 0 Å². The highest BCUT2D eigenvalue weighted by atomic mass is 32.1. The molecule has 13 heavy (non-hydrogen) atoms. The number of aliphatic hydroxyl groups excluding tert-OH is 1. The Bertz CT molecular complexity index is 296. The van der Waals surface area contributed by atoms with Crippen molar-refractivity contribution < 1.29 is 9.90 Å². The summed E-state index contributed by atoms with van der Waals surface area (Å²) in [4.78, 5) is 13.2. The number of nitrogens with one attached hydrogen (secondary N) is 1. The monoisotopic (exact) mass is 199 g/mol. The zero-order chi connectivity index (χ0) is 9.84. The number of carbonyl (C=O) groups is 1. The van der Waals surface area contributed by atoms with E-state index in [1.165, 1.54) is 11.3 Å². The first-order valence-corrected chi connectivity index (χ1v) is 4.93. The summed E-state index contributed by atoms with van der Waals surface area (Å²) in [6, 6.07) is 3.51. The van der Waals surface area contributed by atoms with E-state index in [4.69, 9.17) is 5.11 Å². The molecule has 0 aromatic carbocycles. The minimum Gasteiger partial charge on any atom is -0.394 e. The van der Waals surface area contributed by atoms with Gasteiger partial charge in [0.05, 0.1) is 11.5 Å². The third-order valence-electron chi connectivity index (χ3n) is 1.62. The fourth-order valence-electron chi connectivity index (χ4n) is 0.897. The quantitative estimate of drug-likeness (QED) is 0.767. The van der Waals surface area contributed by atoms with E-state index < -0.39 is 0 Å². The van der Waals surface area contributed by atoms with Gasteiger partial charge in [0.25, 0.3) is 5.91 Å². The number of rotatable bonds is 3. The highest BCUT2D eigenvalue weighted by Gasteiger charge is 2.09. The van der Waals surface area contributed by atoms with Gasteiger partial charge in [0, 0.05) is 10.9 Å². The van der Waals surface area contributed by atoms with E-state index in [9.17, 15) is 4.79 Å². The van der Waals surface area contributed by atoms with Crippen LogP contribution in [0.25, 0.3) is 0 Å². The first-order valence-electron chi connectivity index (χ1n) is 4.11. The zero-order valence-electron chi connectivity index (χ0n) is 7.70. The van der Waals surface area contributed by atoms with E-state index in [0.29, 0.717) is 4.88 Å². The SMILES string of the molecule is Cc1ccc(C(=O)NC(C)CO)s1. The molecule has 0 fully saturated rings. The predicted octanol–water partition coefficient (Wildman–Crippen LogP) is 1.17. The van der Waals surface area contributed by atoms with Crippen LogP contribution in [-0.4, -0.2) is 23.7 Å². The normalized spacial score (nSPS) is 12.5. The van der Waals surface area contributed by atoms with E-state index in [1.54, 1.807) is 13.0 Å². The van der Waals surface area contributed by atoms with Gasteiger partial charge in [-0.05, 0) is 26.0 Å². The lowest BCUT2D eigenvalue weighted by Crippen LogP contribution is -2.34. The summed E-state index contributed by atoms with van der Waals surface area (Å²) in [5, 5.41) is 11.4. The van der Waals surface area contributed by atoms with Gasteiger partial charge in [-0.25, -0.2) is 0 Å². The molecule has 3 nitrogen and oxygen atoms in total. The second kappa shape index (κ2) is 4.39. The topological polar surface area (TPSA) is 49.3 Å². The summed E-state index contributed by atoms with van der Waals surface area (Å²) in [5.41, 5.74) is 0. The summed E-state index contributed by atoms with van der Waals surface area (Å²) >= 11 is 1.45. The summed E-state index contributed by atoms with van der Waals surface area (Å²) in [5.74, 6) is -0.111. The maximum absolute atomic E-state index is 11.4. The van der Waals surface area contributed by atoms with Crippen molar-refractivity contribution in [3.8, 4) is 0 Å². The molecular formula is C9H13NO2S. The van der Waals surface area contributed by atoms with Crippen molar-refractivity contribution in [3.63, 3.8) is 0 Å². The Hall–Kier alpha value is -0.870. The van der Waals surface area contributed by atoms with Crippen molar-refractivity contribution in [1.82, 2.24) is 5.32 Å². The molecule has 0 bridgehead atoms. The summed E-state index contributed by atoms with van der Waals surface area (Å²) < 4.78 is 0. The second-order valence-corrected chi connectivity index (χ2v) is 4.26.